The van der Waals surface area contributed by atoms with Crippen LogP contribution in [0.5, 0.6) is 5.88 Å². The van der Waals surface area contributed by atoms with E-state index in [0.29, 0.717) is 5.56 Å². The van der Waals surface area contributed by atoms with Crippen molar-refractivity contribution >= 4 is 5.97 Å². The Balaban J connectivity index is 1.69. The minimum Gasteiger partial charge on any atom is -0.402 e. The molecule has 4 heteroatoms. The van der Waals surface area contributed by atoms with Crippen molar-refractivity contribution in [2.24, 2.45) is 0 Å². The number of ether oxygens (including phenoxy) is 1. The van der Waals surface area contributed by atoms with Gasteiger partial charge in [-0.05, 0) is 36.1 Å². The topological polar surface area (TPSA) is 52.1 Å². The van der Waals surface area contributed by atoms with Crippen LogP contribution in [-0.2, 0) is 12.8 Å². The second kappa shape index (κ2) is 7.71. The van der Waals surface area contributed by atoms with Gasteiger partial charge in [0.05, 0.1) is 23.7 Å². The van der Waals surface area contributed by atoms with Gasteiger partial charge in [-0.2, -0.15) is 0 Å². The van der Waals surface area contributed by atoms with Gasteiger partial charge in [-0.25, -0.2) is 14.8 Å². The largest absolute Gasteiger partial charge is 0.402 e. The third kappa shape index (κ3) is 4.10. The van der Waals surface area contributed by atoms with Gasteiger partial charge in [-0.3, -0.25) is 0 Å². The lowest BCUT2D eigenvalue weighted by Crippen LogP contribution is -2.09. The Morgan fingerprint density at radius 1 is 0.840 bits per heavy atom. The lowest BCUT2D eigenvalue weighted by atomic mass is 10.1. The monoisotopic (exact) mass is 332 g/mol. The van der Waals surface area contributed by atoms with E-state index in [2.05, 4.69) is 35.9 Å². The summed E-state index contributed by atoms with van der Waals surface area (Å²) in [5.74, 6) is -0.240. The molecular formula is C21H20N2O2. The molecule has 0 aliphatic heterocycles. The van der Waals surface area contributed by atoms with Crippen LogP contribution in [0.1, 0.15) is 35.3 Å². The van der Waals surface area contributed by atoms with Gasteiger partial charge in [0.15, 0.2) is 0 Å². The highest BCUT2D eigenvalue weighted by atomic mass is 16.5. The number of rotatable bonds is 5. The summed E-state index contributed by atoms with van der Waals surface area (Å²) < 4.78 is 5.29. The zero-order valence-corrected chi connectivity index (χ0v) is 14.4. The Labute approximate surface area is 147 Å². The first-order chi connectivity index (χ1) is 12.2. The third-order valence-corrected chi connectivity index (χ3v) is 4.08. The number of esters is 1. The fraction of sp³-hybridized carbons (Fsp3) is 0.190. The van der Waals surface area contributed by atoms with E-state index in [4.69, 9.17) is 4.74 Å². The van der Waals surface area contributed by atoms with Gasteiger partial charge in [0, 0.05) is 5.56 Å². The van der Waals surface area contributed by atoms with Gasteiger partial charge in [0.2, 0.25) is 5.88 Å². The molecule has 0 saturated heterocycles. The van der Waals surface area contributed by atoms with Crippen LogP contribution in [0.15, 0.2) is 60.9 Å². The van der Waals surface area contributed by atoms with Crippen molar-refractivity contribution in [3.8, 4) is 17.1 Å². The third-order valence-electron chi connectivity index (χ3n) is 4.08. The standard InChI is InChI=1S/C21H20N2O2/c1-3-15-5-9-17(10-6-15)19-13-23-20(14-22-19)25-21(24)18-11-7-16(4-2)8-12-18/h5-14H,3-4H2,1-2H3. The fourth-order valence-corrected chi connectivity index (χ4v) is 2.46. The Kier molecular flexibility index (Phi) is 5.19. The van der Waals surface area contributed by atoms with Gasteiger partial charge in [-0.1, -0.05) is 50.2 Å². The molecule has 0 bridgehead atoms. The molecule has 1 aromatic heterocycles. The first-order valence-electron chi connectivity index (χ1n) is 8.42. The molecule has 0 saturated carbocycles. The summed E-state index contributed by atoms with van der Waals surface area (Å²) in [4.78, 5) is 20.7. The molecule has 2 aromatic carbocycles. The quantitative estimate of drug-likeness (QED) is 0.646. The first-order valence-corrected chi connectivity index (χ1v) is 8.42. The van der Waals surface area contributed by atoms with Crippen LogP contribution in [0.25, 0.3) is 11.3 Å². The number of aryl methyl sites for hydroxylation is 2. The Morgan fingerprint density at radius 2 is 1.44 bits per heavy atom. The van der Waals surface area contributed by atoms with Crippen molar-refractivity contribution in [2.75, 3.05) is 0 Å². The molecule has 0 amide bonds. The lowest BCUT2D eigenvalue weighted by molar-refractivity contribution is 0.0727. The van der Waals surface area contributed by atoms with Crippen molar-refractivity contribution in [1.29, 1.82) is 0 Å². The van der Waals surface area contributed by atoms with E-state index in [1.54, 1.807) is 18.3 Å². The number of nitrogens with zero attached hydrogens (tertiary/aromatic N) is 2. The molecule has 126 valence electrons. The second-order valence-corrected chi connectivity index (χ2v) is 5.73. The molecule has 4 nitrogen and oxygen atoms in total. The lowest BCUT2D eigenvalue weighted by Gasteiger charge is -2.05. The van der Waals surface area contributed by atoms with E-state index in [0.717, 1.165) is 24.1 Å². The SMILES string of the molecule is CCc1ccc(C(=O)Oc2cnc(-c3ccc(CC)cc3)cn2)cc1. The predicted molar refractivity (Wildman–Crippen MR) is 97.6 cm³/mol. The predicted octanol–water partition coefficient (Wildman–Crippen LogP) is 4.49. The normalized spacial score (nSPS) is 10.5. The highest BCUT2D eigenvalue weighted by Gasteiger charge is 2.10. The highest BCUT2D eigenvalue weighted by Crippen LogP contribution is 2.19. The summed E-state index contributed by atoms with van der Waals surface area (Å²) in [5, 5.41) is 0. The maximum Gasteiger partial charge on any atom is 0.344 e. The number of benzene rings is 2. The molecule has 3 aromatic rings. The molecule has 3 rings (SSSR count). The average molecular weight is 332 g/mol. The number of carbonyl (C=O) groups is 1. The van der Waals surface area contributed by atoms with Gasteiger partial charge in [-0.15, -0.1) is 0 Å². The number of hydrogen-bond donors (Lipinski definition) is 0. The maximum absolute atomic E-state index is 12.1. The van der Waals surface area contributed by atoms with Gasteiger partial charge in [0.25, 0.3) is 0 Å². The zero-order chi connectivity index (χ0) is 17.6. The number of hydrogen-bond acceptors (Lipinski definition) is 4. The van der Waals surface area contributed by atoms with E-state index in [1.165, 1.54) is 17.3 Å². The van der Waals surface area contributed by atoms with Crippen LogP contribution in [0, 0.1) is 0 Å². The molecule has 0 radical (unpaired) electrons. The fourth-order valence-electron chi connectivity index (χ4n) is 2.46. The second-order valence-electron chi connectivity index (χ2n) is 5.73. The summed E-state index contributed by atoms with van der Waals surface area (Å²) in [7, 11) is 0. The van der Waals surface area contributed by atoms with Crippen LogP contribution in [-0.4, -0.2) is 15.9 Å². The molecule has 1 heterocycles. The van der Waals surface area contributed by atoms with Crippen molar-refractivity contribution in [2.45, 2.75) is 26.7 Å². The Morgan fingerprint density at radius 3 is 1.96 bits per heavy atom. The smallest absolute Gasteiger partial charge is 0.344 e. The molecule has 0 fully saturated rings. The van der Waals surface area contributed by atoms with E-state index < -0.39 is 5.97 Å². The van der Waals surface area contributed by atoms with E-state index in [9.17, 15) is 4.79 Å². The minimum atomic E-state index is -0.433. The molecule has 0 N–H and O–H groups in total. The van der Waals surface area contributed by atoms with E-state index in [-0.39, 0.29) is 5.88 Å². The molecular weight excluding hydrogens is 312 g/mol. The van der Waals surface area contributed by atoms with Crippen molar-refractivity contribution in [3.05, 3.63) is 77.6 Å². The molecule has 0 aliphatic rings. The van der Waals surface area contributed by atoms with Crippen LogP contribution in [0.2, 0.25) is 0 Å². The highest BCUT2D eigenvalue weighted by molar-refractivity contribution is 5.90. The summed E-state index contributed by atoms with van der Waals surface area (Å²) in [6, 6.07) is 15.6. The minimum absolute atomic E-state index is 0.193. The van der Waals surface area contributed by atoms with Crippen LogP contribution in [0.3, 0.4) is 0 Å². The molecule has 0 spiro atoms. The van der Waals surface area contributed by atoms with Crippen molar-refractivity contribution in [1.82, 2.24) is 9.97 Å². The summed E-state index contributed by atoms with van der Waals surface area (Å²) in [6.45, 7) is 4.19. The van der Waals surface area contributed by atoms with Crippen molar-refractivity contribution < 1.29 is 9.53 Å². The molecule has 0 unspecified atom stereocenters. The molecule has 0 aliphatic carbocycles. The Bertz CT molecular complexity index is 839. The zero-order valence-electron chi connectivity index (χ0n) is 14.4. The summed E-state index contributed by atoms with van der Waals surface area (Å²) >= 11 is 0. The van der Waals surface area contributed by atoms with Gasteiger partial charge < -0.3 is 4.74 Å². The first kappa shape index (κ1) is 16.8. The van der Waals surface area contributed by atoms with Gasteiger partial charge >= 0.3 is 5.97 Å². The number of carbonyl (C=O) groups excluding carboxylic acids is 1. The Hall–Kier alpha value is -3.01. The number of aromatic nitrogens is 2. The van der Waals surface area contributed by atoms with E-state index >= 15 is 0 Å². The summed E-state index contributed by atoms with van der Waals surface area (Å²) in [6.07, 6.45) is 5.02. The average Bonchev–Trinajstić information content (AvgIpc) is 2.68. The van der Waals surface area contributed by atoms with Crippen LogP contribution in [0.4, 0.5) is 0 Å². The molecule has 0 atom stereocenters. The summed E-state index contributed by atoms with van der Waals surface area (Å²) in [5.41, 5.74) is 4.68. The van der Waals surface area contributed by atoms with Crippen molar-refractivity contribution in [3.63, 3.8) is 0 Å². The van der Waals surface area contributed by atoms with Gasteiger partial charge in [0.1, 0.15) is 0 Å². The van der Waals surface area contributed by atoms with Crippen LogP contribution >= 0.6 is 0 Å². The van der Waals surface area contributed by atoms with E-state index in [1.807, 2.05) is 24.3 Å². The van der Waals surface area contributed by atoms with Crippen LogP contribution < -0.4 is 4.74 Å². The molecule has 25 heavy (non-hydrogen) atoms. The maximum atomic E-state index is 12.1.